The molecule has 0 N–H and O–H groups in total. The van der Waals surface area contributed by atoms with Crippen LogP contribution >= 0.6 is 0 Å². The summed E-state index contributed by atoms with van der Waals surface area (Å²) in [6.45, 7) is 9.39. The number of ether oxygens (including phenoxy) is 1. The second-order valence-corrected chi connectivity index (χ2v) is 7.98. The van der Waals surface area contributed by atoms with Crippen LogP contribution in [0.4, 0.5) is 15.8 Å². The third-order valence-electron chi connectivity index (χ3n) is 5.99. The lowest BCUT2D eigenvalue weighted by Crippen LogP contribution is -2.30. The topological polar surface area (TPSA) is 32.8 Å². The number of fused-ring (bicyclic) bond motifs is 1. The standard InChI is InChI=1S/C25H33FN2O2/c1-5-28-15-7-8-20-9-10-21(18(3)25(20)28)17-27(4)22-13-11-19(23(26)16-22)12-14-24(29)30-6-2/h9-11,13,16H,5-8,12,14-15,17H2,1-4H3. The van der Waals surface area contributed by atoms with Crippen LogP contribution in [0.5, 0.6) is 0 Å². The number of anilines is 2. The third kappa shape index (κ3) is 4.94. The summed E-state index contributed by atoms with van der Waals surface area (Å²) in [7, 11) is 1.99. The summed E-state index contributed by atoms with van der Waals surface area (Å²) < 4.78 is 19.5. The van der Waals surface area contributed by atoms with Crippen molar-refractivity contribution in [1.82, 2.24) is 0 Å². The Kier molecular flexibility index (Phi) is 7.35. The predicted octanol–water partition coefficient (Wildman–Crippen LogP) is 5.04. The molecular weight excluding hydrogens is 379 g/mol. The van der Waals surface area contributed by atoms with E-state index in [1.165, 1.54) is 28.8 Å². The number of hydrogen-bond acceptors (Lipinski definition) is 4. The molecule has 3 rings (SSSR count). The van der Waals surface area contributed by atoms with Gasteiger partial charge in [0, 0.05) is 44.5 Å². The first-order chi connectivity index (χ1) is 14.4. The summed E-state index contributed by atoms with van der Waals surface area (Å²) in [5.41, 5.74) is 6.79. The van der Waals surface area contributed by atoms with Gasteiger partial charge < -0.3 is 14.5 Å². The first-order valence-electron chi connectivity index (χ1n) is 11.0. The second kappa shape index (κ2) is 9.96. The highest BCUT2D eigenvalue weighted by Gasteiger charge is 2.20. The van der Waals surface area contributed by atoms with Gasteiger partial charge in [0.1, 0.15) is 5.82 Å². The van der Waals surface area contributed by atoms with E-state index in [4.69, 9.17) is 4.74 Å². The van der Waals surface area contributed by atoms with Crippen LogP contribution < -0.4 is 9.80 Å². The Morgan fingerprint density at radius 2 is 1.97 bits per heavy atom. The van der Waals surface area contributed by atoms with Crippen LogP contribution in [-0.4, -0.2) is 32.7 Å². The van der Waals surface area contributed by atoms with Crippen molar-refractivity contribution in [2.24, 2.45) is 0 Å². The molecule has 162 valence electrons. The van der Waals surface area contributed by atoms with E-state index >= 15 is 0 Å². The first-order valence-corrected chi connectivity index (χ1v) is 11.0. The van der Waals surface area contributed by atoms with Crippen LogP contribution in [0, 0.1) is 12.7 Å². The maximum Gasteiger partial charge on any atom is 0.306 e. The van der Waals surface area contributed by atoms with Gasteiger partial charge in [0.2, 0.25) is 0 Å². The van der Waals surface area contributed by atoms with Gasteiger partial charge in [0.25, 0.3) is 0 Å². The zero-order valence-electron chi connectivity index (χ0n) is 18.6. The minimum Gasteiger partial charge on any atom is -0.466 e. The molecule has 0 aliphatic carbocycles. The van der Waals surface area contributed by atoms with Crippen molar-refractivity contribution in [2.45, 2.75) is 53.0 Å². The van der Waals surface area contributed by atoms with E-state index in [2.05, 4.69) is 35.8 Å². The molecule has 0 saturated carbocycles. The highest BCUT2D eigenvalue weighted by Crippen LogP contribution is 2.33. The van der Waals surface area contributed by atoms with Crippen molar-refractivity contribution in [3.63, 3.8) is 0 Å². The summed E-state index contributed by atoms with van der Waals surface area (Å²) in [5.74, 6) is -0.565. The van der Waals surface area contributed by atoms with E-state index in [1.54, 1.807) is 19.1 Å². The molecule has 1 aliphatic heterocycles. The second-order valence-electron chi connectivity index (χ2n) is 7.98. The minimum atomic E-state index is -0.290. The molecule has 0 amide bonds. The van der Waals surface area contributed by atoms with Gasteiger partial charge in [-0.15, -0.1) is 0 Å². The molecule has 0 spiro atoms. The molecule has 2 aromatic carbocycles. The SMILES string of the molecule is CCOC(=O)CCc1ccc(N(C)Cc2ccc3c(c2C)N(CC)CCC3)cc1F. The Balaban J connectivity index is 1.73. The smallest absolute Gasteiger partial charge is 0.306 e. The van der Waals surface area contributed by atoms with Crippen LogP contribution in [0.15, 0.2) is 30.3 Å². The van der Waals surface area contributed by atoms with Crippen LogP contribution in [0.2, 0.25) is 0 Å². The van der Waals surface area contributed by atoms with Gasteiger partial charge in [-0.25, -0.2) is 4.39 Å². The van der Waals surface area contributed by atoms with Crippen molar-refractivity contribution < 1.29 is 13.9 Å². The molecule has 1 aliphatic rings. The average molecular weight is 413 g/mol. The van der Waals surface area contributed by atoms with Crippen LogP contribution in [0.1, 0.15) is 48.9 Å². The van der Waals surface area contributed by atoms with E-state index in [0.717, 1.165) is 31.7 Å². The fourth-order valence-electron chi connectivity index (χ4n) is 4.29. The largest absolute Gasteiger partial charge is 0.466 e. The Morgan fingerprint density at radius 3 is 2.67 bits per heavy atom. The number of carbonyl (C=O) groups is 1. The number of halogens is 1. The number of nitrogens with zero attached hydrogens (tertiary/aromatic N) is 2. The van der Waals surface area contributed by atoms with Crippen molar-refractivity contribution in [2.75, 3.05) is 36.5 Å². The molecule has 0 fully saturated rings. The Hall–Kier alpha value is -2.56. The van der Waals surface area contributed by atoms with Crippen LogP contribution in [0.3, 0.4) is 0 Å². The minimum absolute atomic E-state index is 0.197. The third-order valence-corrected chi connectivity index (χ3v) is 5.99. The van der Waals surface area contributed by atoms with E-state index in [9.17, 15) is 9.18 Å². The van der Waals surface area contributed by atoms with Crippen molar-refractivity contribution in [1.29, 1.82) is 0 Å². The first kappa shape index (κ1) is 22.1. The maximum atomic E-state index is 14.6. The van der Waals surface area contributed by atoms with E-state index in [-0.39, 0.29) is 18.2 Å². The van der Waals surface area contributed by atoms with Crippen LogP contribution in [-0.2, 0) is 28.9 Å². The maximum absolute atomic E-state index is 14.6. The van der Waals surface area contributed by atoms with Crippen molar-refractivity contribution in [3.8, 4) is 0 Å². The Labute approximate surface area is 179 Å². The Bertz CT molecular complexity index is 897. The molecule has 0 bridgehead atoms. The molecule has 0 aromatic heterocycles. The zero-order valence-corrected chi connectivity index (χ0v) is 18.6. The average Bonchev–Trinajstić information content (AvgIpc) is 2.74. The predicted molar refractivity (Wildman–Crippen MR) is 121 cm³/mol. The highest BCUT2D eigenvalue weighted by atomic mass is 19.1. The molecule has 0 saturated heterocycles. The van der Waals surface area contributed by atoms with Gasteiger partial charge in [-0.05, 0) is 74.4 Å². The zero-order chi connectivity index (χ0) is 21.7. The molecular formula is C25H33FN2O2. The van der Waals surface area contributed by atoms with Gasteiger partial charge in [-0.2, -0.15) is 0 Å². The normalized spacial score (nSPS) is 13.2. The van der Waals surface area contributed by atoms with E-state index < -0.39 is 0 Å². The molecule has 1 heterocycles. The molecule has 4 nitrogen and oxygen atoms in total. The van der Waals surface area contributed by atoms with Gasteiger partial charge in [0.15, 0.2) is 0 Å². The van der Waals surface area contributed by atoms with E-state index in [0.29, 0.717) is 18.6 Å². The lowest BCUT2D eigenvalue weighted by atomic mass is 9.94. The molecule has 0 atom stereocenters. The summed E-state index contributed by atoms with van der Waals surface area (Å²) in [6, 6.07) is 9.74. The monoisotopic (exact) mass is 412 g/mol. The summed E-state index contributed by atoms with van der Waals surface area (Å²) in [6.07, 6.45) is 2.90. The molecule has 0 radical (unpaired) electrons. The number of aryl methyl sites for hydroxylation is 2. The molecule has 5 heteroatoms. The van der Waals surface area contributed by atoms with Gasteiger partial charge in [-0.3, -0.25) is 4.79 Å². The molecule has 2 aromatic rings. The lowest BCUT2D eigenvalue weighted by molar-refractivity contribution is -0.143. The number of esters is 1. The highest BCUT2D eigenvalue weighted by molar-refractivity contribution is 5.69. The van der Waals surface area contributed by atoms with Crippen molar-refractivity contribution >= 4 is 17.3 Å². The Morgan fingerprint density at radius 1 is 1.20 bits per heavy atom. The summed E-state index contributed by atoms with van der Waals surface area (Å²) in [4.78, 5) is 16.1. The van der Waals surface area contributed by atoms with Gasteiger partial charge in [0.05, 0.1) is 6.61 Å². The fraction of sp³-hybridized carbons (Fsp3) is 0.480. The summed E-state index contributed by atoms with van der Waals surface area (Å²) >= 11 is 0. The summed E-state index contributed by atoms with van der Waals surface area (Å²) in [5, 5.41) is 0. The number of benzene rings is 2. The number of rotatable bonds is 8. The van der Waals surface area contributed by atoms with Gasteiger partial charge >= 0.3 is 5.97 Å². The number of hydrogen-bond donors (Lipinski definition) is 0. The van der Waals surface area contributed by atoms with Gasteiger partial charge in [-0.1, -0.05) is 18.2 Å². The van der Waals surface area contributed by atoms with Crippen LogP contribution in [0.25, 0.3) is 0 Å². The fourth-order valence-corrected chi connectivity index (χ4v) is 4.29. The lowest BCUT2D eigenvalue weighted by Gasteiger charge is -2.33. The number of carbonyl (C=O) groups excluding carboxylic acids is 1. The molecule has 30 heavy (non-hydrogen) atoms. The molecule has 0 unspecified atom stereocenters. The van der Waals surface area contributed by atoms with E-state index in [1.807, 2.05) is 13.1 Å². The van der Waals surface area contributed by atoms with Crippen molar-refractivity contribution in [3.05, 3.63) is 58.4 Å². The quantitative estimate of drug-likeness (QED) is 0.569.